The molecule has 8 nitrogen and oxygen atoms in total. The zero-order valence-corrected chi connectivity index (χ0v) is 13.5. The Morgan fingerprint density at radius 2 is 0.414 bits per heavy atom. The van der Waals surface area contributed by atoms with Crippen molar-refractivity contribution in [2.45, 2.75) is 24.7 Å². The standard InChI is InChI=1S/4C2HF3O2.Mn/c4*3-2(4,5)1(6)7;/h4*(H,6,7);. The summed E-state index contributed by atoms with van der Waals surface area (Å²) in [5.41, 5.74) is 0. The van der Waals surface area contributed by atoms with Crippen molar-refractivity contribution >= 4 is 23.9 Å². The van der Waals surface area contributed by atoms with Crippen LogP contribution in [0.15, 0.2) is 0 Å². The van der Waals surface area contributed by atoms with E-state index < -0.39 is 48.6 Å². The zero-order valence-electron chi connectivity index (χ0n) is 12.3. The normalized spacial score (nSPS) is 10.9. The predicted octanol–water partition coefficient (Wildman–Crippen LogP) is 2.53. The smallest absolute Gasteiger partial charge is 0.475 e. The summed E-state index contributed by atoms with van der Waals surface area (Å²) in [7, 11) is 0. The minimum atomic E-state index is -5.08. The van der Waals surface area contributed by atoms with Crippen LogP contribution in [0.3, 0.4) is 0 Å². The summed E-state index contributed by atoms with van der Waals surface area (Å²) in [5.74, 6) is -11.0. The molecule has 0 amide bonds. The Kier molecular flexibility index (Phi) is 17.6. The Morgan fingerprint density at radius 1 is 0.379 bits per heavy atom. The van der Waals surface area contributed by atoms with Crippen LogP contribution in [0.2, 0.25) is 0 Å². The van der Waals surface area contributed by atoms with Crippen molar-refractivity contribution in [3.63, 3.8) is 0 Å². The molecule has 0 aliphatic rings. The first kappa shape index (κ1) is 37.3. The van der Waals surface area contributed by atoms with Gasteiger partial charge in [-0.15, -0.1) is 0 Å². The van der Waals surface area contributed by atoms with Gasteiger partial charge in [0, 0.05) is 17.1 Å². The van der Waals surface area contributed by atoms with Gasteiger partial charge in [0.2, 0.25) is 0 Å². The van der Waals surface area contributed by atoms with Crippen molar-refractivity contribution < 1.29 is 109 Å². The second kappa shape index (κ2) is 13.7. The average molecular weight is 511 g/mol. The van der Waals surface area contributed by atoms with Gasteiger partial charge >= 0.3 is 48.6 Å². The zero-order chi connectivity index (χ0) is 24.3. The van der Waals surface area contributed by atoms with Crippen molar-refractivity contribution in [2.75, 3.05) is 0 Å². The molecule has 0 fully saturated rings. The van der Waals surface area contributed by atoms with Crippen LogP contribution in [0.1, 0.15) is 0 Å². The van der Waals surface area contributed by atoms with Crippen molar-refractivity contribution in [3.05, 3.63) is 0 Å². The van der Waals surface area contributed by atoms with E-state index in [4.69, 9.17) is 39.6 Å². The summed E-state index contributed by atoms with van der Waals surface area (Å²) >= 11 is 0. The molecule has 0 bridgehead atoms. The van der Waals surface area contributed by atoms with E-state index in [0.29, 0.717) is 0 Å². The fraction of sp³-hybridized carbons (Fsp3) is 0.500. The maximum Gasteiger partial charge on any atom is 0.490 e. The molecular weight excluding hydrogens is 507 g/mol. The van der Waals surface area contributed by atoms with Crippen LogP contribution in [0.5, 0.6) is 0 Å². The molecule has 0 saturated heterocycles. The molecule has 0 unspecified atom stereocenters. The molecule has 1 radical (unpaired) electrons. The Balaban J connectivity index is -0.0000000873. The van der Waals surface area contributed by atoms with E-state index in [1.807, 2.05) is 0 Å². The maximum absolute atomic E-state index is 10.6. The molecule has 21 heteroatoms. The van der Waals surface area contributed by atoms with Crippen molar-refractivity contribution in [2.24, 2.45) is 0 Å². The topological polar surface area (TPSA) is 149 Å². The number of alkyl halides is 12. The van der Waals surface area contributed by atoms with Crippen LogP contribution in [-0.4, -0.2) is 69.0 Å². The molecule has 0 aromatic heterocycles. The molecule has 0 heterocycles. The van der Waals surface area contributed by atoms with Gasteiger partial charge in [-0.3, -0.25) is 0 Å². The van der Waals surface area contributed by atoms with Gasteiger partial charge in [0.15, 0.2) is 0 Å². The molecule has 0 saturated carbocycles. The van der Waals surface area contributed by atoms with E-state index >= 15 is 0 Å². The van der Waals surface area contributed by atoms with Gasteiger partial charge < -0.3 is 20.4 Å². The van der Waals surface area contributed by atoms with Crippen LogP contribution in [-0.2, 0) is 36.2 Å². The van der Waals surface area contributed by atoms with Gasteiger partial charge in [-0.05, 0) is 0 Å². The van der Waals surface area contributed by atoms with Crippen molar-refractivity contribution in [1.82, 2.24) is 0 Å². The number of hydrogen-bond acceptors (Lipinski definition) is 4. The molecule has 0 aliphatic carbocycles. The van der Waals surface area contributed by atoms with Crippen LogP contribution in [0.25, 0.3) is 0 Å². The van der Waals surface area contributed by atoms with Crippen molar-refractivity contribution in [3.8, 4) is 0 Å². The quantitative estimate of drug-likeness (QED) is 0.287. The molecule has 0 aromatic carbocycles. The summed E-state index contributed by atoms with van der Waals surface area (Å²) in [5, 5.41) is 28.5. The molecule has 0 aromatic rings. The van der Waals surface area contributed by atoms with Gasteiger partial charge in [-0.25, -0.2) is 19.2 Å². The summed E-state index contributed by atoms with van der Waals surface area (Å²) in [6.07, 6.45) is -20.3. The summed E-state index contributed by atoms with van der Waals surface area (Å²) in [6, 6.07) is 0. The Hall–Kier alpha value is -2.44. The fourth-order valence-corrected chi connectivity index (χ4v) is 0. The number of carboxylic acid groups (broad SMARTS) is 4. The first-order valence-electron chi connectivity index (χ1n) is 4.98. The summed E-state index contributed by atoms with van der Waals surface area (Å²) in [6.45, 7) is 0. The minimum absolute atomic E-state index is 0. The predicted molar refractivity (Wildman–Crippen MR) is 54.8 cm³/mol. The third-order valence-corrected chi connectivity index (χ3v) is 0.970. The fourth-order valence-electron chi connectivity index (χ4n) is 0. The van der Waals surface area contributed by atoms with Crippen LogP contribution >= 0.6 is 0 Å². The largest absolute Gasteiger partial charge is 0.490 e. The third-order valence-electron chi connectivity index (χ3n) is 0.970. The molecule has 0 spiro atoms. The van der Waals surface area contributed by atoms with E-state index in [2.05, 4.69) is 0 Å². The van der Waals surface area contributed by atoms with Crippen LogP contribution in [0.4, 0.5) is 52.7 Å². The van der Waals surface area contributed by atoms with Crippen molar-refractivity contribution in [1.29, 1.82) is 0 Å². The Labute approximate surface area is 159 Å². The Morgan fingerprint density at radius 3 is 0.414 bits per heavy atom. The Bertz CT molecular complexity index is 436. The second-order valence-electron chi connectivity index (χ2n) is 3.21. The molecule has 0 rings (SSSR count). The van der Waals surface area contributed by atoms with E-state index in [1.54, 1.807) is 0 Å². The third kappa shape index (κ3) is 30.5. The van der Waals surface area contributed by atoms with Gasteiger partial charge in [-0.1, -0.05) is 0 Å². The molecule has 4 N–H and O–H groups in total. The van der Waals surface area contributed by atoms with Gasteiger partial charge in [0.05, 0.1) is 0 Å². The first-order chi connectivity index (χ1) is 11.8. The number of aliphatic carboxylic acids is 4. The monoisotopic (exact) mass is 511 g/mol. The van der Waals surface area contributed by atoms with E-state index in [9.17, 15) is 52.7 Å². The van der Waals surface area contributed by atoms with Crippen LogP contribution < -0.4 is 0 Å². The van der Waals surface area contributed by atoms with Gasteiger partial charge in [-0.2, -0.15) is 52.7 Å². The minimum Gasteiger partial charge on any atom is -0.475 e. The SMILES string of the molecule is O=C(O)C(F)(F)F.O=C(O)C(F)(F)F.O=C(O)C(F)(F)F.O=C(O)C(F)(F)F.[Mn]. The number of carboxylic acids is 4. The second-order valence-corrected chi connectivity index (χ2v) is 3.21. The molecule has 29 heavy (non-hydrogen) atoms. The maximum atomic E-state index is 10.6. The first-order valence-corrected chi connectivity index (χ1v) is 4.98. The summed E-state index contributed by atoms with van der Waals surface area (Å²) < 4.78 is 127. The molecule has 0 atom stereocenters. The molecular formula is C8H4F12MnO8. The van der Waals surface area contributed by atoms with Crippen LogP contribution in [0, 0.1) is 0 Å². The molecule has 175 valence electrons. The van der Waals surface area contributed by atoms with Gasteiger partial charge in [0.25, 0.3) is 0 Å². The van der Waals surface area contributed by atoms with Gasteiger partial charge in [0.1, 0.15) is 0 Å². The number of hydrogen-bond donors (Lipinski definition) is 4. The van der Waals surface area contributed by atoms with E-state index in [-0.39, 0.29) is 17.1 Å². The van der Waals surface area contributed by atoms with E-state index in [0.717, 1.165) is 0 Å². The number of rotatable bonds is 0. The number of carbonyl (C=O) groups is 4. The number of halogens is 12. The summed E-state index contributed by atoms with van der Waals surface area (Å²) in [4.78, 5) is 35.6. The van der Waals surface area contributed by atoms with E-state index in [1.165, 1.54) is 0 Å². The molecule has 0 aliphatic heterocycles. The average Bonchev–Trinajstić information content (AvgIpc) is 2.35.